The summed E-state index contributed by atoms with van der Waals surface area (Å²) >= 11 is 9.17. The van der Waals surface area contributed by atoms with Gasteiger partial charge in [-0.1, -0.05) is 24.4 Å². The molecule has 0 heterocycles. The molecule has 5 heteroatoms. The number of nitrogens with one attached hydrogen (secondary N) is 1. The van der Waals surface area contributed by atoms with Gasteiger partial charge in [-0.15, -0.1) is 0 Å². The molecule has 1 aromatic carbocycles. The average Bonchev–Trinajstić information content (AvgIpc) is 3.06. The second kappa shape index (κ2) is 5.38. The van der Waals surface area contributed by atoms with E-state index in [2.05, 4.69) is 21.2 Å². The predicted octanol–water partition coefficient (Wildman–Crippen LogP) is 3.17. The quantitative estimate of drug-likeness (QED) is 0.896. The Labute approximate surface area is 114 Å². The lowest BCUT2D eigenvalue weighted by atomic mass is 10.1. The molecule has 1 aliphatic rings. The van der Waals surface area contributed by atoms with Crippen molar-refractivity contribution >= 4 is 39.1 Å². The van der Waals surface area contributed by atoms with E-state index in [1.54, 1.807) is 18.2 Å². The van der Waals surface area contributed by atoms with Crippen molar-refractivity contribution in [2.24, 2.45) is 11.7 Å². The van der Waals surface area contributed by atoms with E-state index >= 15 is 0 Å². The molecule has 0 aliphatic heterocycles. The zero-order valence-electron chi connectivity index (χ0n) is 9.25. The van der Waals surface area contributed by atoms with Gasteiger partial charge in [0.2, 0.25) is 5.91 Å². The van der Waals surface area contributed by atoms with Crippen LogP contribution in [-0.2, 0) is 4.79 Å². The Morgan fingerprint density at radius 3 is 2.88 bits per heavy atom. The van der Waals surface area contributed by atoms with Gasteiger partial charge in [-0.3, -0.25) is 4.79 Å². The Hall–Kier alpha value is -0.580. The number of anilines is 1. The largest absolute Gasteiger partial charge is 0.324 e. The zero-order valence-corrected chi connectivity index (χ0v) is 11.6. The first kappa shape index (κ1) is 12.9. The minimum absolute atomic E-state index is 0.139. The Bertz CT molecular complexity index is 435. The number of nitrogens with two attached hydrogens (primary N) is 1. The first-order valence-corrected chi connectivity index (χ1v) is 6.75. The summed E-state index contributed by atoms with van der Waals surface area (Å²) in [4.78, 5) is 11.8. The van der Waals surface area contributed by atoms with E-state index in [4.69, 9.17) is 17.3 Å². The number of amides is 1. The molecule has 1 fully saturated rings. The maximum Gasteiger partial charge on any atom is 0.241 e. The first-order valence-electron chi connectivity index (χ1n) is 5.58. The lowest BCUT2D eigenvalue weighted by Crippen LogP contribution is -2.36. The van der Waals surface area contributed by atoms with Crippen LogP contribution < -0.4 is 11.1 Å². The van der Waals surface area contributed by atoms with Crippen molar-refractivity contribution in [1.82, 2.24) is 0 Å². The summed E-state index contributed by atoms with van der Waals surface area (Å²) in [6.07, 6.45) is 3.17. The molecular weight excluding hydrogens is 304 g/mol. The maximum atomic E-state index is 11.8. The van der Waals surface area contributed by atoms with E-state index in [1.165, 1.54) is 12.8 Å². The number of halogens is 2. The van der Waals surface area contributed by atoms with Gasteiger partial charge in [-0.25, -0.2) is 0 Å². The zero-order chi connectivity index (χ0) is 12.4. The van der Waals surface area contributed by atoms with Crippen molar-refractivity contribution < 1.29 is 4.79 Å². The molecule has 1 saturated carbocycles. The van der Waals surface area contributed by atoms with Crippen LogP contribution in [-0.4, -0.2) is 11.9 Å². The van der Waals surface area contributed by atoms with Crippen molar-refractivity contribution in [2.75, 3.05) is 5.32 Å². The summed E-state index contributed by atoms with van der Waals surface area (Å²) in [5.41, 5.74) is 6.53. The van der Waals surface area contributed by atoms with Crippen LogP contribution in [0.2, 0.25) is 5.02 Å². The summed E-state index contributed by atoms with van der Waals surface area (Å²) in [6, 6.07) is 4.80. The molecule has 3 N–H and O–H groups in total. The Morgan fingerprint density at radius 2 is 2.29 bits per heavy atom. The summed E-state index contributed by atoms with van der Waals surface area (Å²) in [5, 5.41) is 3.42. The van der Waals surface area contributed by atoms with Crippen LogP contribution >= 0.6 is 27.5 Å². The lowest BCUT2D eigenvalue weighted by molar-refractivity contribution is -0.117. The Balaban J connectivity index is 1.96. The van der Waals surface area contributed by atoms with E-state index in [0.29, 0.717) is 16.6 Å². The fraction of sp³-hybridized carbons (Fsp3) is 0.417. The van der Waals surface area contributed by atoms with Gasteiger partial charge in [-0.2, -0.15) is 0 Å². The summed E-state index contributed by atoms with van der Waals surface area (Å²) in [7, 11) is 0. The van der Waals surface area contributed by atoms with E-state index in [0.717, 1.165) is 10.9 Å². The van der Waals surface area contributed by atoms with Crippen molar-refractivity contribution in [3.63, 3.8) is 0 Å². The van der Waals surface area contributed by atoms with Crippen molar-refractivity contribution in [2.45, 2.75) is 25.3 Å². The minimum atomic E-state index is -0.426. The number of hydrogen-bond acceptors (Lipinski definition) is 2. The highest BCUT2D eigenvalue weighted by atomic mass is 79.9. The molecule has 2 rings (SSSR count). The van der Waals surface area contributed by atoms with Crippen molar-refractivity contribution in [1.29, 1.82) is 0 Å². The molecule has 0 saturated heterocycles. The molecule has 17 heavy (non-hydrogen) atoms. The highest BCUT2D eigenvalue weighted by molar-refractivity contribution is 9.10. The normalized spacial score (nSPS) is 16.6. The molecule has 92 valence electrons. The molecule has 0 bridgehead atoms. The second-order valence-electron chi connectivity index (χ2n) is 4.40. The van der Waals surface area contributed by atoms with Crippen LogP contribution in [0, 0.1) is 5.92 Å². The third kappa shape index (κ3) is 3.69. The van der Waals surface area contributed by atoms with Crippen LogP contribution in [0.25, 0.3) is 0 Å². The standard InChI is InChI=1S/C12H14BrClN2O/c13-9-6-8(14)3-4-11(9)16-12(17)10(15)5-7-1-2-7/h3-4,6-7,10H,1-2,5,15H2,(H,16,17). The molecule has 0 spiro atoms. The van der Waals surface area contributed by atoms with Crippen molar-refractivity contribution in [3.8, 4) is 0 Å². The summed E-state index contributed by atoms with van der Waals surface area (Å²) in [5.74, 6) is 0.504. The van der Waals surface area contributed by atoms with Gasteiger partial charge in [0.1, 0.15) is 0 Å². The SMILES string of the molecule is NC(CC1CC1)C(=O)Nc1ccc(Cl)cc1Br. The molecule has 1 aromatic rings. The second-order valence-corrected chi connectivity index (χ2v) is 5.69. The monoisotopic (exact) mass is 316 g/mol. The molecule has 0 aromatic heterocycles. The van der Waals surface area contributed by atoms with E-state index in [1.807, 2.05) is 0 Å². The van der Waals surface area contributed by atoms with Crippen LogP contribution in [0.1, 0.15) is 19.3 Å². The number of rotatable bonds is 4. The topological polar surface area (TPSA) is 55.1 Å². The highest BCUT2D eigenvalue weighted by Gasteiger charge is 2.27. The van der Waals surface area contributed by atoms with Gasteiger partial charge in [0, 0.05) is 9.50 Å². The average molecular weight is 318 g/mol. The minimum Gasteiger partial charge on any atom is -0.324 e. The van der Waals surface area contributed by atoms with Crippen LogP contribution in [0.3, 0.4) is 0 Å². The molecule has 1 amide bonds. The smallest absolute Gasteiger partial charge is 0.241 e. The molecule has 1 atom stereocenters. The van der Waals surface area contributed by atoms with Gasteiger partial charge in [0.25, 0.3) is 0 Å². The number of carbonyl (C=O) groups is 1. The van der Waals surface area contributed by atoms with Gasteiger partial charge in [0.15, 0.2) is 0 Å². The van der Waals surface area contributed by atoms with E-state index in [9.17, 15) is 4.79 Å². The summed E-state index contributed by atoms with van der Waals surface area (Å²) in [6.45, 7) is 0. The fourth-order valence-corrected chi connectivity index (χ4v) is 2.42. The lowest BCUT2D eigenvalue weighted by Gasteiger charge is -2.12. The molecule has 0 radical (unpaired) electrons. The molecule has 1 aliphatic carbocycles. The highest BCUT2D eigenvalue weighted by Crippen LogP contribution is 2.33. The number of benzene rings is 1. The van der Waals surface area contributed by atoms with E-state index < -0.39 is 6.04 Å². The number of hydrogen-bond donors (Lipinski definition) is 2. The maximum absolute atomic E-state index is 11.8. The molecule has 3 nitrogen and oxygen atoms in total. The van der Waals surface area contributed by atoms with Gasteiger partial charge in [-0.05, 0) is 46.5 Å². The van der Waals surface area contributed by atoms with Crippen LogP contribution in [0.4, 0.5) is 5.69 Å². The Morgan fingerprint density at radius 1 is 1.59 bits per heavy atom. The summed E-state index contributed by atoms with van der Waals surface area (Å²) < 4.78 is 0.761. The van der Waals surface area contributed by atoms with Gasteiger partial charge < -0.3 is 11.1 Å². The molecular formula is C12H14BrClN2O. The van der Waals surface area contributed by atoms with Crippen LogP contribution in [0.5, 0.6) is 0 Å². The van der Waals surface area contributed by atoms with Gasteiger partial charge >= 0.3 is 0 Å². The van der Waals surface area contributed by atoms with Crippen LogP contribution in [0.15, 0.2) is 22.7 Å². The third-order valence-electron chi connectivity index (χ3n) is 2.81. The first-order chi connectivity index (χ1) is 8.06. The third-order valence-corrected chi connectivity index (χ3v) is 3.70. The Kier molecular flexibility index (Phi) is 4.07. The number of carbonyl (C=O) groups excluding carboxylic acids is 1. The van der Waals surface area contributed by atoms with Gasteiger partial charge in [0.05, 0.1) is 11.7 Å². The van der Waals surface area contributed by atoms with Crippen molar-refractivity contribution in [3.05, 3.63) is 27.7 Å². The molecule has 1 unspecified atom stereocenters. The van der Waals surface area contributed by atoms with E-state index in [-0.39, 0.29) is 5.91 Å². The fourth-order valence-electron chi connectivity index (χ4n) is 1.64. The predicted molar refractivity (Wildman–Crippen MR) is 73.1 cm³/mol.